The van der Waals surface area contributed by atoms with Gasteiger partial charge in [-0.05, 0) is 46.9 Å². The Labute approximate surface area is 147 Å². The molecule has 124 valence electrons. The molecule has 1 aliphatic heterocycles. The fourth-order valence-electron chi connectivity index (χ4n) is 3.21. The molecule has 2 heterocycles. The van der Waals surface area contributed by atoms with Gasteiger partial charge in [-0.2, -0.15) is 0 Å². The third-order valence-electron chi connectivity index (χ3n) is 4.71. The lowest BCUT2D eigenvalue weighted by Gasteiger charge is -2.26. The van der Waals surface area contributed by atoms with Crippen molar-refractivity contribution >= 4 is 11.5 Å². The van der Waals surface area contributed by atoms with E-state index in [2.05, 4.69) is 6.58 Å². The summed E-state index contributed by atoms with van der Waals surface area (Å²) in [5, 5.41) is 0. The minimum atomic E-state index is 0.0407. The van der Waals surface area contributed by atoms with Crippen molar-refractivity contribution in [1.82, 2.24) is 4.90 Å². The highest BCUT2D eigenvalue weighted by Crippen LogP contribution is 2.24. The van der Waals surface area contributed by atoms with E-state index in [-0.39, 0.29) is 5.91 Å². The second-order valence-electron chi connectivity index (χ2n) is 6.27. The van der Waals surface area contributed by atoms with Crippen molar-refractivity contribution in [3.63, 3.8) is 0 Å². The SMILES string of the molecule is C=C(c1ccccc1)c1ccc(C(=O)N2CCc3ccoc3C2)cc1. The summed E-state index contributed by atoms with van der Waals surface area (Å²) in [6.07, 6.45) is 2.54. The van der Waals surface area contributed by atoms with E-state index >= 15 is 0 Å². The van der Waals surface area contributed by atoms with Crippen LogP contribution in [0.3, 0.4) is 0 Å². The van der Waals surface area contributed by atoms with Gasteiger partial charge in [-0.25, -0.2) is 0 Å². The van der Waals surface area contributed by atoms with Gasteiger partial charge in [0.15, 0.2) is 0 Å². The summed E-state index contributed by atoms with van der Waals surface area (Å²) in [6.45, 7) is 5.44. The average molecular weight is 329 g/mol. The number of hydrogen-bond donors (Lipinski definition) is 0. The van der Waals surface area contributed by atoms with Crippen molar-refractivity contribution < 1.29 is 9.21 Å². The molecule has 1 aromatic heterocycles. The van der Waals surface area contributed by atoms with Gasteiger partial charge in [0.25, 0.3) is 5.91 Å². The molecule has 3 heteroatoms. The van der Waals surface area contributed by atoms with Gasteiger partial charge < -0.3 is 9.32 Å². The van der Waals surface area contributed by atoms with Gasteiger partial charge in [-0.1, -0.05) is 49.0 Å². The standard InChI is InChI=1S/C22H19NO2/c1-16(17-5-3-2-4-6-17)18-7-9-20(10-8-18)22(24)23-13-11-19-12-14-25-21(19)15-23/h2-10,12,14H,1,11,13,15H2. The minimum Gasteiger partial charge on any atom is -0.467 e. The first-order chi connectivity index (χ1) is 12.2. The number of rotatable bonds is 3. The predicted molar refractivity (Wildman–Crippen MR) is 98.2 cm³/mol. The van der Waals surface area contributed by atoms with Crippen LogP contribution in [0.25, 0.3) is 5.57 Å². The highest BCUT2D eigenvalue weighted by Gasteiger charge is 2.23. The summed E-state index contributed by atoms with van der Waals surface area (Å²) < 4.78 is 5.47. The molecule has 0 bridgehead atoms. The molecule has 0 atom stereocenters. The van der Waals surface area contributed by atoms with Crippen LogP contribution in [0, 0.1) is 0 Å². The van der Waals surface area contributed by atoms with Crippen LogP contribution in [0.15, 0.2) is 77.9 Å². The van der Waals surface area contributed by atoms with E-state index in [1.807, 2.05) is 65.6 Å². The van der Waals surface area contributed by atoms with E-state index < -0.39 is 0 Å². The third kappa shape index (κ3) is 3.01. The Hall–Kier alpha value is -3.07. The zero-order valence-corrected chi connectivity index (χ0v) is 13.9. The summed E-state index contributed by atoms with van der Waals surface area (Å²) in [4.78, 5) is 14.6. The summed E-state index contributed by atoms with van der Waals surface area (Å²) in [5.74, 6) is 0.938. The van der Waals surface area contributed by atoms with Crippen LogP contribution >= 0.6 is 0 Å². The first kappa shape index (κ1) is 15.5. The molecule has 0 fully saturated rings. The van der Waals surface area contributed by atoms with E-state index in [9.17, 15) is 4.79 Å². The van der Waals surface area contributed by atoms with E-state index in [4.69, 9.17) is 4.42 Å². The Morgan fingerprint density at radius 3 is 2.36 bits per heavy atom. The summed E-state index contributed by atoms with van der Waals surface area (Å²) >= 11 is 0. The predicted octanol–water partition coefficient (Wildman–Crippen LogP) is 4.54. The first-order valence-electron chi connectivity index (χ1n) is 8.41. The molecule has 0 unspecified atom stereocenters. The highest BCUT2D eigenvalue weighted by atomic mass is 16.3. The Morgan fingerprint density at radius 1 is 0.920 bits per heavy atom. The van der Waals surface area contributed by atoms with Gasteiger partial charge in [0, 0.05) is 12.1 Å². The molecule has 4 rings (SSSR count). The maximum atomic E-state index is 12.7. The average Bonchev–Trinajstić information content (AvgIpc) is 3.15. The summed E-state index contributed by atoms with van der Waals surface area (Å²) in [7, 11) is 0. The molecular formula is C22H19NO2. The number of amides is 1. The number of nitrogens with zero attached hydrogens (tertiary/aromatic N) is 1. The van der Waals surface area contributed by atoms with E-state index in [0.717, 1.165) is 35.4 Å². The molecule has 3 aromatic rings. The zero-order chi connectivity index (χ0) is 17.2. The summed E-state index contributed by atoms with van der Waals surface area (Å²) in [6, 6.07) is 19.7. The Balaban J connectivity index is 1.51. The molecule has 0 N–H and O–H groups in total. The molecule has 0 aliphatic carbocycles. The van der Waals surface area contributed by atoms with E-state index in [1.165, 1.54) is 5.56 Å². The van der Waals surface area contributed by atoms with Crippen LogP contribution in [-0.2, 0) is 13.0 Å². The molecule has 3 nitrogen and oxygen atoms in total. The molecule has 1 aliphatic rings. The molecule has 2 aromatic carbocycles. The smallest absolute Gasteiger partial charge is 0.254 e. The molecule has 0 radical (unpaired) electrons. The van der Waals surface area contributed by atoms with Gasteiger partial charge in [0.2, 0.25) is 0 Å². The maximum absolute atomic E-state index is 12.7. The maximum Gasteiger partial charge on any atom is 0.254 e. The Morgan fingerprint density at radius 2 is 1.60 bits per heavy atom. The van der Waals surface area contributed by atoms with E-state index in [1.54, 1.807) is 6.26 Å². The molecule has 25 heavy (non-hydrogen) atoms. The van der Waals surface area contributed by atoms with Crippen molar-refractivity contribution in [3.8, 4) is 0 Å². The number of benzene rings is 2. The largest absolute Gasteiger partial charge is 0.467 e. The lowest BCUT2D eigenvalue weighted by atomic mass is 9.98. The number of furan rings is 1. The van der Waals surface area contributed by atoms with Crippen LogP contribution in [0.1, 0.15) is 32.8 Å². The van der Waals surface area contributed by atoms with Gasteiger partial charge in [0.05, 0.1) is 12.8 Å². The molecule has 1 amide bonds. The van der Waals surface area contributed by atoms with Gasteiger partial charge in [-0.3, -0.25) is 4.79 Å². The zero-order valence-electron chi connectivity index (χ0n) is 13.9. The van der Waals surface area contributed by atoms with Gasteiger partial charge in [-0.15, -0.1) is 0 Å². The van der Waals surface area contributed by atoms with Crippen molar-refractivity contribution in [1.29, 1.82) is 0 Å². The van der Waals surface area contributed by atoms with Crippen LogP contribution in [0.5, 0.6) is 0 Å². The molecule has 0 saturated carbocycles. The van der Waals surface area contributed by atoms with Crippen LogP contribution in [-0.4, -0.2) is 17.4 Å². The lowest BCUT2D eigenvalue weighted by Crippen LogP contribution is -2.35. The lowest BCUT2D eigenvalue weighted by molar-refractivity contribution is 0.0720. The Bertz CT molecular complexity index is 907. The normalized spacial score (nSPS) is 13.4. The summed E-state index contributed by atoms with van der Waals surface area (Å²) in [5.41, 5.74) is 4.97. The number of carbonyl (C=O) groups is 1. The van der Waals surface area contributed by atoms with Crippen molar-refractivity contribution in [3.05, 3.63) is 102 Å². The van der Waals surface area contributed by atoms with Crippen molar-refractivity contribution in [2.75, 3.05) is 6.54 Å². The van der Waals surface area contributed by atoms with Crippen molar-refractivity contribution in [2.24, 2.45) is 0 Å². The van der Waals surface area contributed by atoms with E-state index in [0.29, 0.717) is 12.1 Å². The first-order valence-corrected chi connectivity index (χ1v) is 8.41. The van der Waals surface area contributed by atoms with Crippen LogP contribution in [0.4, 0.5) is 0 Å². The highest BCUT2D eigenvalue weighted by molar-refractivity contribution is 5.95. The fourth-order valence-corrected chi connectivity index (χ4v) is 3.21. The second kappa shape index (κ2) is 6.44. The number of fused-ring (bicyclic) bond motifs is 1. The molecular weight excluding hydrogens is 310 g/mol. The van der Waals surface area contributed by atoms with Gasteiger partial charge >= 0.3 is 0 Å². The molecule has 0 saturated heterocycles. The van der Waals surface area contributed by atoms with Crippen molar-refractivity contribution in [2.45, 2.75) is 13.0 Å². The quantitative estimate of drug-likeness (QED) is 0.707. The second-order valence-corrected chi connectivity index (χ2v) is 6.27. The molecule has 0 spiro atoms. The monoisotopic (exact) mass is 329 g/mol. The number of carbonyl (C=O) groups excluding carboxylic acids is 1. The Kier molecular flexibility index (Phi) is 3.98. The van der Waals surface area contributed by atoms with Crippen LogP contribution in [0.2, 0.25) is 0 Å². The minimum absolute atomic E-state index is 0.0407. The topological polar surface area (TPSA) is 33.5 Å². The van der Waals surface area contributed by atoms with Crippen LogP contribution < -0.4 is 0 Å². The fraction of sp³-hybridized carbons (Fsp3) is 0.136. The van der Waals surface area contributed by atoms with Gasteiger partial charge in [0.1, 0.15) is 5.76 Å². The number of hydrogen-bond acceptors (Lipinski definition) is 2. The third-order valence-corrected chi connectivity index (χ3v) is 4.71.